The molecular formula is C18H15Cl3N2O5. The van der Waals surface area contributed by atoms with Crippen LogP contribution in [0.3, 0.4) is 0 Å². The molecule has 2 N–H and O–H groups in total. The first-order valence-corrected chi connectivity index (χ1v) is 8.96. The highest BCUT2D eigenvalue weighted by Gasteiger charge is 2.13. The monoisotopic (exact) mass is 444 g/mol. The summed E-state index contributed by atoms with van der Waals surface area (Å²) in [5.41, 5.74) is 0.567. The Labute approximate surface area is 175 Å². The molecule has 0 spiro atoms. The van der Waals surface area contributed by atoms with E-state index in [1.54, 1.807) is 12.1 Å². The van der Waals surface area contributed by atoms with Gasteiger partial charge in [0.2, 0.25) is 0 Å². The molecule has 0 saturated heterocycles. The summed E-state index contributed by atoms with van der Waals surface area (Å²) >= 11 is 17.5. The van der Waals surface area contributed by atoms with Gasteiger partial charge in [0.05, 0.1) is 22.8 Å². The summed E-state index contributed by atoms with van der Waals surface area (Å²) in [6, 6.07) is 8.98. The second-order valence-corrected chi connectivity index (χ2v) is 6.62. The average Bonchev–Trinajstić information content (AvgIpc) is 2.66. The minimum Gasteiger partial charge on any atom is -0.495 e. The first-order chi connectivity index (χ1) is 13.3. The van der Waals surface area contributed by atoms with Gasteiger partial charge in [-0.05, 0) is 36.4 Å². The Morgan fingerprint density at radius 3 is 2.43 bits per heavy atom. The number of anilines is 1. The molecule has 2 rings (SSSR count). The van der Waals surface area contributed by atoms with E-state index in [4.69, 9.17) is 44.3 Å². The van der Waals surface area contributed by atoms with Crippen molar-refractivity contribution in [2.75, 3.05) is 25.6 Å². The highest BCUT2D eigenvalue weighted by molar-refractivity contribution is 6.42. The molecule has 0 aromatic heterocycles. The topological polar surface area (TPSA) is 93.7 Å². The van der Waals surface area contributed by atoms with Crippen LogP contribution in [0.5, 0.6) is 5.75 Å². The first kappa shape index (κ1) is 21.8. The van der Waals surface area contributed by atoms with Gasteiger partial charge in [-0.2, -0.15) is 0 Å². The van der Waals surface area contributed by atoms with E-state index in [9.17, 15) is 14.4 Å². The Morgan fingerprint density at radius 2 is 1.75 bits per heavy atom. The lowest BCUT2D eigenvalue weighted by atomic mass is 10.2. The molecule has 0 bridgehead atoms. The Morgan fingerprint density at radius 1 is 1.00 bits per heavy atom. The molecule has 10 heteroatoms. The van der Waals surface area contributed by atoms with E-state index in [0.717, 1.165) is 0 Å². The first-order valence-electron chi connectivity index (χ1n) is 7.82. The quantitative estimate of drug-likeness (QED) is 0.636. The fourth-order valence-corrected chi connectivity index (χ4v) is 2.52. The molecule has 2 aromatic carbocycles. The summed E-state index contributed by atoms with van der Waals surface area (Å²) in [5.74, 6) is -1.52. The van der Waals surface area contributed by atoms with Crippen molar-refractivity contribution in [2.24, 2.45) is 0 Å². The van der Waals surface area contributed by atoms with Gasteiger partial charge in [-0.1, -0.05) is 34.8 Å². The molecule has 7 nitrogen and oxygen atoms in total. The normalized spacial score (nSPS) is 10.1. The number of methoxy groups -OCH3 is 1. The fraction of sp³-hybridized carbons (Fsp3) is 0.167. The van der Waals surface area contributed by atoms with Gasteiger partial charge in [-0.3, -0.25) is 14.4 Å². The highest BCUT2D eigenvalue weighted by atomic mass is 35.5. The Hall–Kier alpha value is -2.48. The molecule has 28 heavy (non-hydrogen) atoms. The van der Waals surface area contributed by atoms with Crippen molar-refractivity contribution < 1.29 is 23.9 Å². The Kier molecular flexibility index (Phi) is 7.92. The number of carbonyl (C=O) groups excluding carboxylic acids is 3. The molecule has 0 atom stereocenters. The molecule has 148 valence electrons. The van der Waals surface area contributed by atoms with Gasteiger partial charge < -0.3 is 20.1 Å². The summed E-state index contributed by atoms with van der Waals surface area (Å²) < 4.78 is 9.93. The number of ether oxygens (including phenoxy) is 2. The molecule has 0 saturated carbocycles. The van der Waals surface area contributed by atoms with E-state index in [0.29, 0.717) is 21.5 Å². The van der Waals surface area contributed by atoms with Crippen LogP contribution in [0.25, 0.3) is 0 Å². The maximum Gasteiger partial charge on any atom is 0.325 e. The van der Waals surface area contributed by atoms with Crippen molar-refractivity contribution >= 4 is 58.3 Å². The minimum absolute atomic E-state index is 0.213. The number of hydrogen-bond acceptors (Lipinski definition) is 5. The number of nitrogens with one attached hydrogen (secondary N) is 2. The second kappa shape index (κ2) is 10.2. The van der Waals surface area contributed by atoms with Crippen molar-refractivity contribution in [1.82, 2.24) is 5.32 Å². The molecule has 2 amide bonds. The minimum atomic E-state index is -0.790. The third-order valence-electron chi connectivity index (χ3n) is 3.37. The maximum atomic E-state index is 12.0. The molecule has 0 aliphatic rings. The van der Waals surface area contributed by atoms with Crippen LogP contribution in [0, 0.1) is 0 Å². The molecule has 0 fully saturated rings. The van der Waals surface area contributed by atoms with Gasteiger partial charge in [0.25, 0.3) is 11.8 Å². The SMILES string of the molecule is COc1ccc(Cl)cc1NC(=O)COC(=O)CNC(=O)c1ccc(Cl)c(Cl)c1. The van der Waals surface area contributed by atoms with E-state index < -0.39 is 30.9 Å². The van der Waals surface area contributed by atoms with Gasteiger partial charge in [-0.25, -0.2) is 0 Å². The van der Waals surface area contributed by atoms with Gasteiger partial charge in [0.15, 0.2) is 6.61 Å². The molecule has 2 aromatic rings. The zero-order chi connectivity index (χ0) is 20.7. The van der Waals surface area contributed by atoms with Crippen LogP contribution in [0.2, 0.25) is 15.1 Å². The molecule has 0 unspecified atom stereocenters. The summed E-state index contributed by atoms with van der Waals surface area (Å²) in [5, 5.41) is 5.80. The Balaban J connectivity index is 1.80. The number of rotatable bonds is 7. The number of carbonyl (C=O) groups is 3. The van der Waals surface area contributed by atoms with E-state index >= 15 is 0 Å². The standard InChI is InChI=1S/C18H15Cl3N2O5/c1-27-15-5-3-11(19)7-14(15)23-16(24)9-28-17(25)8-22-18(26)10-2-4-12(20)13(21)6-10/h2-7H,8-9H2,1H3,(H,22,26)(H,23,24). The van der Waals surface area contributed by atoms with E-state index in [-0.39, 0.29) is 10.6 Å². The van der Waals surface area contributed by atoms with Crippen molar-refractivity contribution in [3.05, 3.63) is 57.0 Å². The van der Waals surface area contributed by atoms with Gasteiger partial charge in [-0.15, -0.1) is 0 Å². The van der Waals surface area contributed by atoms with Crippen LogP contribution < -0.4 is 15.4 Å². The third-order valence-corrected chi connectivity index (χ3v) is 4.35. The smallest absolute Gasteiger partial charge is 0.325 e. The zero-order valence-corrected chi connectivity index (χ0v) is 16.8. The zero-order valence-electron chi connectivity index (χ0n) is 14.6. The molecule has 0 radical (unpaired) electrons. The summed E-state index contributed by atoms with van der Waals surface area (Å²) in [7, 11) is 1.44. The van der Waals surface area contributed by atoms with E-state index in [2.05, 4.69) is 10.6 Å². The molecule has 0 heterocycles. The largest absolute Gasteiger partial charge is 0.495 e. The number of esters is 1. The van der Waals surface area contributed by atoms with Crippen LogP contribution in [0.1, 0.15) is 10.4 Å². The fourth-order valence-electron chi connectivity index (χ4n) is 2.05. The number of halogens is 3. The third kappa shape index (κ3) is 6.30. The van der Waals surface area contributed by atoms with Crippen molar-refractivity contribution in [3.8, 4) is 5.75 Å². The van der Waals surface area contributed by atoms with Crippen molar-refractivity contribution in [2.45, 2.75) is 0 Å². The number of benzene rings is 2. The average molecular weight is 446 g/mol. The Bertz CT molecular complexity index is 905. The van der Waals surface area contributed by atoms with Crippen LogP contribution in [-0.4, -0.2) is 38.0 Å². The lowest BCUT2D eigenvalue weighted by Crippen LogP contribution is -2.32. The molecule has 0 aliphatic carbocycles. The number of amides is 2. The summed E-state index contributed by atoms with van der Waals surface area (Å²) in [6.07, 6.45) is 0. The van der Waals surface area contributed by atoms with Crippen LogP contribution in [-0.2, 0) is 14.3 Å². The van der Waals surface area contributed by atoms with Gasteiger partial charge in [0, 0.05) is 10.6 Å². The lowest BCUT2D eigenvalue weighted by Gasteiger charge is -2.11. The second-order valence-electron chi connectivity index (χ2n) is 5.37. The van der Waals surface area contributed by atoms with Gasteiger partial charge in [0.1, 0.15) is 12.3 Å². The highest BCUT2D eigenvalue weighted by Crippen LogP contribution is 2.27. The summed E-state index contributed by atoms with van der Waals surface area (Å²) in [6.45, 7) is -0.968. The van der Waals surface area contributed by atoms with Crippen LogP contribution in [0.4, 0.5) is 5.69 Å². The summed E-state index contributed by atoms with van der Waals surface area (Å²) in [4.78, 5) is 35.6. The van der Waals surface area contributed by atoms with Crippen LogP contribution in [0.15, 0.2) is 36.4 Å². The van der Waals surface area contributed by atoms with E-state index in [1.165, 1.54) is 31.4 Å². The molecular weight excluding hydrogens is 431 g/mol. The van der Waals surface area contributed by atoms with Crippen LogP contribution >= 0.6 is 34.8 Å². The molecule has 0 aliphatic heterocycles. The van der Waals surface area contributed by atoms with Crippen molar-refractivity contribution in [1.29, 1.82) is 0 Å². The predicted molar refractivity (Wildman–Crippen MR) is 106 cm³/mol. The maximum absolute atomic E-state index is 12.0. The van der Waals surface area contributed by atoms with Gasteiger partial charge >= 0.3 is 5.97 Å². The number of hydrogen-bond donors (Lipinski definition) is 2. The van der Waals surface area contributed by atoms with E-state index in [1.807, 2.05) is 0 Å². The predicted octanol–water partition coefficient (Wildman–Crippen LogP) is 3.57. The lowest BCUT2D eigenvalue weighted by molar-refractivity contribution is -0.146. The van der Waals surface area contributed by atoms with Crippen molar-refractivity contribution in [3.63, 3.8) is 0 Å².